The van der Waals surface area contributed by atoms with Crippen LogP contribution in [0.3, 0.4) is 0 Å². The average Bonchev–Trinajstić information content (AvgIpc) is 2.45. The number of ether oxygens (including phenoxy) is 1. The fourth-order valence-electron chi connectivity index (χ4n) is 2.51. The monoisotopic (exact) mass is 311 g/mol. The largest absolute Gasteiger partial charge is 0.491 e. The standard InChI is InChI=1S/C17H29NO4/c1-13(2)17-5-4-16(10-14(17)3)22-12-15(21)11-18(6-8-19)7-9-20/h4-5,10,13,15,19-21H,6-9,11-12H2,1-3H3/t15-/m1/s1. The molecule has 0 aromatic heterocycles. The minimum Gasteiger partial charge on any atom is -0.491 e. The Morgan fingerprint density at radius 3 is 2.27 bits per heavy atom. The lowest BCUT2D eigenvalue weighted by atomic mass is 9.98. The van der Waals surface area contributed by atoms with E-state index in [-0.39, 0.29) is 19.8 Å². The van der Waals surface area contributed by atoms with Crippen LogP contribution in [0.4, 0.5) is 0 Å². The number of hydrogen-bond acceptors (Lipinski definition) is 5. The van der Waals surface area contributed by atoms with Gasteiger partial charge in [-0.05, 0) is 36.1 Å². The SMILES string of the molecule is Cc1cc(OC[C@H](O)CN(CCO)CCO)ccc1C(C)C. The van der Waals surface area contributed by atoms with Crippen LogP contribution >= 0.6 is 0 Å². The summed E-state index contributed by atoms with van der Waals surface area (Å²) in [5.41, 5.74) is 2.48. The molecule has 5 nitrogen and oxygen atoms in total. The molecule has 1 atom stereocenters. The number of aryl methyl sites for hydroxylation is 1. The number of nitrogens with zero attached hydrogens (tertiary/aromatic N) is 1. The highest BCUT2D eigenvalue weighted by atomic mass is 16.5. The minimum absolute atomic E-state index is 0.00341. The molecule has 0 amide bonds. The predicted octanol–water partition coefficient (Wildman–Crippen LogP) is 1.14. The summed E-state index contributed by atoms with van der Waals surface area (Å²) in [6.07, 6.45) is -0.664. The van der Waals surface area contributed by atoms with Crippen LogP contribution in [0.5, 0.6) is 5.75 Å². The summed E-state index contributed by atoms with van der Waals surface area (Å²) in [6, 6.07) is 5.97. The van der Waals surface area contributed by atoms with Gasteiger partial charge in [0.25, 0.3) is 0 Å². The molecule has 0 saturated heterocycles. The van der Waals surface area contributed by atoms with E-state index in [2.05, 4.69) is 26.8 Å². The fraction of sp³-hybridized carbons (Fsp3) is 0.647. The minimum atomic E-state index is -0.664. The van der Waals surface area contributed by atoms with Crippen LogP contribution in [0.2, 0.25) is 0 Å². The van der Waals surface area contributed by atoms with Gasteiger partial charge >= 0.3 is 0 Å². The van der Waals surface area contributed by atoms with E-state index >= 15 is 0 Å². The Bertz CT molecular complexity index is 431. The Balaban J connectivity index is 2.49. The van der Waals surface area contributed by atoms with Gasteiger partial charge in [-0.1, -0.05) is 19.9 Å². The Morgan fingerprint density at radius 2 is 1.77 bits per heavy atom. The Kier molecular flexibility index (Phi) is 8.42. The predicted molar refractivity (Wildman–Crippen MR) is 87.4 cm³/mol. The smallest absolute Gasteiger partial charge is 0.119 e. The average molecular weight is 311 g/mol. The van der Waals surface area contributed by atoms with Crippen LogP contribution in [0.1, 0.15) is 30.9 Å². The molecule has 5 heteroatoms. The molecular weight excluding hydrogens is 282 g/mol. The van der Waals surface area contributed by atoms with Crippen molar-refractivity contribution in [2.75, 3.05) is 39.5 Å². The number of aliphatic hydroxyl groups is 3. The van der Waals surface area contributed by atoms with Crippen molar-refractivity contribution in [2.24, 2.45) is 0 Å². The van der Waals surface area contributed by atoms with Crippen LogP contribution < -0.4 is 4.74 Å². The molecule has 1 rings (SSSR count). The van der Waals surface area contributed by atoms with Crippen molar-refractivity contribution in [1.29, 1.82) is 0 Å². The van der Waals surface area contributed by atoms with Crippen LogP contribution in [0, 0.1) is 6.92 Å². The second-order valence-electron chi connectivity index (χ2n) is 5.89. The number of rotatable bonds is 10. The molecule has 1 aromatic carbocycles. The summed E-state index contributed by atoms with van der Waals surface area (Å²) < 4.78 is 5.64. The molecule has 0 spiro atoms. The van der Waals surface area contributed by atoms with Crippen molar-refractivity contribution in [2.45, 2.75) is 32.8 Å². The lowest BCUT2D eigenvalue weighted by Gasteiger charge is -2.23. The lowest BCUT2D eigenvalue weighted by Crippen LogP contribution is -2.38. The maximum Gasteiger partial charge on any atom is 0.119 e. The van der Waals surface area contributed by atoms with E-state index < -0.39 is 6.10 Å². The van der Waals surface area contributed by atoms with E-state index in [0.29, 0.717) is 25.6 Å². The summed E-state index contributed by atoms with van der Waals surface area (Å²) in [5.74, 6) is 1.22. The Labute approximate surface area is 133 Å². The van der Waals surface area contributed by atoms with Crippen LogP contribution in [0.25, 0.3) is 0 Å². The second-order valence-corrected chi connectivity index (χ2v) is 5.89. The van der Waals surface area contributed by atoms with Gasteiger partial charge in [-0.25, -0.2) is 0 Å². The maximum absolute atomic E-state index is 10.0. The van der Waals surface area contributed by atoms with Crippen LogP contribution in [-0.4, -0.2) is 65.8 Å². The first-order valence-corrected chi connectivity index (χ1v) is 7.83. The van der Waals surface area contributed by atoms with Gasteiger partial charge in [0.05, 0.1) is 13.2 Å². The molecule has 0 aliphatic rings. The number of hydrogen-bond donors (Lipinski definition) is 3. The van der Waals surface area contributed by atoms with Crippen molar-refractivity contribution in [3.8, 4) is 5.75 Å². The number of benzene rings is 1. The molecule has 0 bridgehead atoms. The topological polar surface area (TPSA) is 73.2 Å². The van der Waals surface area contributed by atoms with Crippen molar-refractivity contribution in [3.63, 3.8) is 0 Å². The van der Waals surface area contributed by atoms with Gasteiger partial charge < -0.3 is 20.1 Å². The van der Waals surface area contributed by atoms with Gasteiger partial charge in [0, 0.05) is 19.6 Å². The molecule has 0 heterocycles. The highest BCUT2D eigenvalue weighted by molar-refractivity contribution is 5.36. The molecule has 22 heavy (non-hydrogen) atoms. The first-order valence-electron chi connectivity index (χ1n) is 7.83. The third-order valence-corrected chi connectivity index (χ3v) is 3.61. The Hall–Kier alpha value is -1.14. The highest BCUT2D eigenvalue weighted by Gasteiger charge is 2.12. The van der Waals surface area contributed by atoms with E-state index in [1.807, 2.05) is 12.1 Å². The van der Waals surface area contributed by atoms with Crippen molar-refractivity contribution >= 4 is 0 Å². The first kappa shape index (κ1) is 18.9. The van der Waals surface area contributed by atoms with Crippen LogP contribution in [-0.2, 0) is 0 Å². The Morgan fingerprint density at radius 1 is 1.14 bits per heavy atom. The molecule has 0 unspecified atom stereocenters. The third-order valence-electron chi connectivity index (χ3n) is 3.61. The molecule has 126 valence electrons. The number of aliphatic hydroxyl groups excluding tert-OH is 3. The molecule has 0 fully saturated rings. The van der Waals surface area contributed by atoms with Gasteiger partial charge in [0.15, 0.2) is 0 Å². The molecule has 3 N–H and O–H groups in total. The highest BCUT2D eigenvalue weighted by Crippen LogP contribution is 2.23. The summed E-state index contributed by atoms with van der Waals surface area (Å²) in [5, 5.41) is 27.9. The van der Waals surface area contributed by atoms with Gasteiger partial charge in [0.2, 0.25) is 0 Å². The first-order chi connectivity index (χ1) is 10.5. The normalized spacial score (nSPS) is 12.9. The summed E-state index contributed by atoms with van der Waals surface area (Å²) in [4.78, 5) is 1.81. The summed E-state index contributed by atoms with van der Waals surface area (Å²) >= 11 is 0. The van der Waals surface area contributed by atoms with E-state index in [0.717, 1.165) is 5.75 Å². The lowest BCUT2D eigenvalue weighted by molar-refractivity contribution is 0.0552. The van der Waals surface area contributed by atoms with Crippen LogP contribution in [0.15, 0.2) is 18.2 Å². The van der Waals surface area contributed by atoms with E-state index in [9.17, 15) is 5.11 Å². The molecule has 0 saturated carbocycles. The molecule has 0 aliphatic heterocycles. The maximum atomic E-state index is 10.0. The van der Waals surface area contributed by atoms with Gasteiger partial charge in [-0.2, -0.15) is 0 Å². The zero-order valence-electron chi connectivity index (χ0n) is 13.8. The third kappa shape index (κ3) is 6.32. The fourth-order valence-corrected chi connectivity index (χ4v) is 2.51. The van der Waals surface area contributed by atoms with Crippen molar-refractivity contribution < 1.29 is 20.1 Å². The van der Waals surface area contributed by atoms with Gasteiger partial charge in [-0.3, -0.25) is 4.90 Å². The van der Waals surface area contributed by atoms with Gasteiger partial charge in [-0.15, -0.1) is 0 Å². The van der Waals surface area contributed by atoms with Crippen molar-refractivity contribution in [1.82, 2.24) is 4.90 Å². The summed E-state index contributed by atoms with van der Waals surface area (Å²) in [7, 11) is 0. The second kappa shape index (κ2) is 9.79. The van der Waals surface area contributed by atoms with Gasteiger partial charge in [0.1, 0.15) is 18.5 Å². The summed E-state index contributed by atoms with van der Waals surface area (Å²) in [6.45, 7) is 7.79. The van der Waals surface area contributed by atoms with E-state index in [1.54, 1.807) is 4.90 Å². The zero-order chi connectivity index (χ0) is 16.5. The van der Waals surface area contributed by atoms with E-state index in [4.69, 9.17) is 14.9 Å². The molecular formula is C17H29NO4. The quantitative estimate of drug-likeness (QED) is 0.604. The van der Waals surface area contributed by atoms with E-state index in [1.165, 1.54) is 11.1 Å². The molecule has 0 radical (unpaired) electrons. The zero-order valence-corrected chi connectivity index (χ0v) is 13.8. The van der Waals surface area contributed by atoms with Crippen molar-refractivity contribution in [3.05, 3.63) is 29.3 Å². The molecule has 1 aromatic rings. The molecule has 0 aliphatic carbocycles.